The minimum absolute atomic E-state index is 0.222. The zero-order valence-corrected chi connectivity index (χ0v) is 16.5. The first kappa shape index (κ1) is 18.7. The Morgan fingerprint density at radius 1 is 1.03 bits per heavy atom. The fraction of sp³-hybridized carbons (Fsp3) is 0.0870. The summed E-state index contributed by atoms with van der Waals surface area (Å²) >= 11 is 0. The van der Waals surface area contributed by atoms with Gasteiger partial charge in [-0.3, -0.25) is 14.2 Å². The van der Waals surface area contributed by atoms with Crippen LogP contribution in [-0.4, -0.2) is 16.4 Å². The molecule has 2 heterocycles. The fourth-order valence-corrected chi connectivity index (χ4v) is 3.52. The number of aryl methyl sites for hydroxylation is 1. The van der Waals surface area contributed by atoms with Crippen LogP contribution in [-0.2, 0) is 11.3 Å². The summed E-state index contributed by atoms with van der Waals surface area (Å²) in [5.74, 6) is -0.454. The number of amides is 2. The third kappa shape index (κ3) is 3.44. The van der Waals surface area contributed by atoms with Gasteiger partial charge in [0.15, 0.2) is 11.3 Å². The SMILES string of the molecule is Cc1ccc2c(c1)NC(=O)c1cc(NC(=O)Cn3c(=O)oc4ccccc43)ccc1O2. The van der Waals surface area contributed by atoms with Gasteiger partial charge in [0.05, 0.1) is 16.8 Å². The Morgan fingerprint density at radius 2 is 1.84 bits per heavy atom. The van der Waals surface area contributed by atoms with E-state index in [2.05, 4.69) is 10.6 Å². The third-order valence-electron chi connectivity index (χ3n) is 4.99. The highest BCUT2D eigenvalue weighted by Gasteiger charge is 2.22. The predicted molar refractivity (Wildman–Crippen MR) is 115 cm³/mol. The van der Waals surface area contributed by atoms with Crippen molar-refractivity contribution in [2.24, 2.45) is 0 Å². The molecule has 0 atom stereocenters. The second kappa shape index (κ2) is 7.17. The quantitative estimate of drug-likeness (QED) is 0.528. The highest BCUT2D eigenvalue weighted by Crippen LogP contribution is 2.37. The van der Waals surface area contributed by atoms with Crippen molar-refractivity contribution in [3.8, 4) is 11.5 Å². The van der Waals surface area contributed by atoms with E-state index in [9.17, 15) is 14.4 Å². The van der Waals surface area contributed by atoms with E-state index < -0.39 is 11.7 Å². The largest absolute Gasteiger partial charge is 0.454 e. The minimum Gasteiger partial charge on any atom is -0.454 e. The van der Waals surface area contributed by atoms with E-state index in [1.54, 1.807) is 42.5 Å². The Morgan fingerprint density at radius 3 is 2.71 bits per heavy atom. The highest BCUT2D eigenvalue weighted by molar-refractivity contribution is 6.09. The van der Waals surface area contributed by atoms with Crippen LogP contribution in [0.1, 0.15) is 15.9 Å². The first-order valence-electron chi connectivity index (χ1n) is 9.60. The maximum absolute atomic E-state index is 12.7. The van der Waals surface area contributed by atoms with Gasteiger partial charge in [0.2, 0.25) is 5.91 Å². The van der Waals surface area contributed by atoms with Gasteiger partial charge in [-0.15, -0.1) is 0 Å². The summed E-state index contributed by atoms with van der Waals surface area (Å²) in [6.45, 7) is 1.70. The van der Waals surface area contributed by atoms with Crippen molar-refractivity contribution in [3.05, 3.63) is 82.3 Å². The number of oxazole rings is 1. The number of para-hydroxylation sites is 2. The minimum atomic E-state index is -0.612. The van der Waals surface area contributed by atoms with Crippen LogP contribution in [0, 0.1) is 6.92 Å². The molecule has 0 bridgehead atoms. The number of hydrogen-bond acceptors (Lipinski definition) is 5. The van der Waals surface area contributed by atoms with Gasteiger partial charge in [-0.25, -0.2) is 4.79 Å². The van der Waals surface area contributed by atoms with Crippen LogP contribution >= 0.6 is 0 Å². The van der Waals surface area contributed by atoms with Gasteiger partial charge in [0, 0.05) is 5.69 Å². The maximum atomic E-state index is 12.7. The standard InChI is InChI=1S/C23H17N3O5/c1-13-6-8-19-16(10-13)25-22(28)15-11-14(7-9-18(15)30-19)24-21(27)12-26-17-4-2-3-5-20(17)31-23(26)29/h2-11H,12H2,1H3,(H,24,27)(H,25,28). The Labute approximate surface area is 176 Å². The molecule has 0 spiro atoms. The Bertz CT molecular complexity index is 1420. The van der Waals surface area contributed by atoms with E-state index in [0.717, 1.165) is 5.56 Å². The number of nitrogens with one attached hydrogen (secondary N) is 2. The van der Waals surface area contributed by atoms with Crippen LogP contribution < -0.4 is 21.1 Å². The number of ether oxygens (including phenoxy) is 1. The molecule has 0 fully saturated rings. The summed E-state index contributed by atoms with van der Waals surface area (Å²) in [6.07, 6.45) is 0. The van der Waals surface area contributed by atoms with Gasteiger partial charge in [-0.2, -0.15) is 0 Å². The topological polar surface area (TPSA) is 103 Å². The molecule has 8 nitrogen and oxygen atoms in total. The van der Waals surface area contributed by atoms with E-state index in [-0.39, 0.29) is 18.0 Å². The lowest BCUT2D eigenvalue weighted by atomic mass is 10.1. The number of rotatable bonds is 3. The first-order chi connectivity index (χ1) is 15.0. The number of benzene rings is 3. The zero-order chi connectivity index (χ0) is 21.5. The molecule has 154 valence electrons. The first-order valence-corrected chi connectivity index (χ1v) is 9.60. The summed E-state index contributed by atoms with van der Waals surface area (Å²) in [5, 5.41) is 5.55. The van der Waals surface area contributed by atoms with Crippen LogP contribution in [0.5, 0.6) is 11.5 Å². The molecule has 4 aromatic rings. The number of aromatic nitrogens is 1. The summed E-state index contributed by atoms with van der Waals surface area (Å²) in [6, 6.07) is 17.2. The molecular formula is C23H17N3O5. The molecule has 2 N–H and O–H groups in total. The van der Waals surface area contributed by atoms with E-state index in [1.807, 2.05) is 19.1 Å². The molecule has 0 saturated heterocycles. The van der Waals surface area contributed by atoms with Gasteiger partial charge in [-0.1, -0.05) is 18.2 Å². The van der Waals surface area contributed by atoms with Crippen molar-refractivity contribution < 1.29 is 18.7 Å². The average Bonchev–Trinajstić information content (AvgIpc) is 2.98. The van der Waals surface area contributed by atoms with E-state index >= 15 is 0 Å². The summed E-state index contributed by atoms with van der Waals surface area (Å²) in [7, 11) is 0. The molecule has 2 amide bonds. The third-order valence-corrected chi connectivity index (χ3v) is 4.99. The van der Waals surface area contributed by atoms with Crippen molar-refractivity contribution in [2.75, 3.05) is 10.6 Å². The molecule has 0 unspecified atom stereocenters. The van der Waals surface area contributed by atoms with E-state index in [4.69, 9.17) is 9.15 Å². The molecule has 3 aromatic carbocycles. The number of nitrogens with zero attached hydrogens (tertiary/aromatic N) is 1. The molecule has 0 radical (unpaired) electrons. The highest BCUT2D eigenvalue weighted by atomic mass is 16.5. The van der Waals surface area contributed by atoms with Gasteiger partial charge in [0.25, 0.3) is 5.91 Å². The van der Waals surface area contributed by atoms with Crippen molar-refractivity contribution >= 4 is 34.3 Å². The van der Waals surface area contributed by atoms with Crippen LogP contribution in [0.2, 0.25) is 0 Å². The van der Waals surface area contributed by atoms with Crippen LogP contribution in [0.3, 0.4) is 0 Å². The van der Waals surface area contributed by atoms with Gasteiger partial charge in [0.1, 0.15) is 12.3 Å². The summed E-state index contributed by atoms with van der Waals surface area (Å²) in [4.78, 5) is 37.3. The zero-order valence-electron chi connectivity index (χ0n) is 16.5. The summed E-state index contributed by atoms with van der Waals surface area (Å²) < 4.78 is 12.3. The van der Waals surface area contributed by atoms with Crippen molar-refractivity contribution in [2.45, 2.75) is 13.5 Å². The predicted octanol–water partition coefficient (Wildman–Crippen LogP) is 3.90. The number of hydrogen-bond donors (Lipinski definition) is 2. The molecule has 1 aromatic heterocycles. The molecule has 5 rings (SSSR count). The molecular weight excluding hydrogens is 398 g/mol. The van der Waals surface area contributed by atoms with Gasteiger partial charge < -0.3 is 19.8 Å². The van der Waals surface area contributed by atoms with E-state index in [0.29, 0.717) is 34.0 Å². The van der Waals surface area contributed by atoms with E-state index in [1.165, 1.54) is 10.6 Å². The Hall–Kier alpha value is -4.33. The lowest BCUT2D eigenvalue weighted by molar-refractivity contribution is -0.116. The Balaban J connectivity index is 1.39. The second-order valence-corrected chi connectivity index (χ2v) is 7.24. The monoisotopic (exact) mass is 415 g/mol. The average molecular weight is 415 g/mol. The molecule has 8 heteroatoms. The van der Waals surface area contributed by atoms with Crippen molar-refractivity contribution in [1.82, 2.24) is 4.57 Å². The number of carbonyl (C=O) groups is 2. The molecule has 1 aliphatic rings. The van der Waals surface area contributed by atoms with Crippen LogP contribution in [0.15, 0.2) is 69.9 Å². The lowest BCUT2D eigenvalue weighted by Crippen LogP contribution is -2.24. The number of carbonyl (C=O) groups excluding carboxylic acids is 2. The lowest BCUT2D eigenvalue weighted by Gasteiger charge is -2.10. The van der Waals surface area contributed by atoms with Crippen molar-refractivity contribution in [1.29, 1.82) is 0 Å². The maximum Gasteiger partial charge on any atom is 0.420 e. The number of fused-ring (bicyclic) bond motifs is 3. The normalized spacial score (nSPS) is 12.4. The number of anilines is 2. The van der Waals surface area contributed by atoms with Crippen molar-refractivity contribution in [3.63, 3.8) is 0 Å². The van der Waals surface area contributed by atoms with Crippen LogP contribution in [0.25, 0.3) is 11.1 Å². The molecule has 31 heavy (non-hydrogen) atoms. The molecule has 0 saturated carbocycles. The van der Waals surface area contributed by atoms with Gasteiger partial charge in [-0.05, 0) is 55.0 Å². The Kier molecular flexibility index (Phi) is 4.32. The van der Waals surface area contributed by atoms with Gasteiger partial charge >= 0.3 is 5.76 Å². The fourth-order valence-electron chi connectivity index (χ4n) is 3.52. The second-order valence-electron chi connectivity index (χ2n) is 7.24. The van der Waals surface area contributed by atoms with Crippen LogP contribution in [0.4, 0.5) is 11.4 Å². The summed E-state index contributed by atoms with van der Waals surface area (Å²) in [5.41, 5.74) is 3.21. The smallest absolute Gasteiger partial charge is 0.420 e. The molecule has 1 aliphatic heterocycles. The molecule has 0 aliphatic carbocycles.